The van der Waals surface area contributed by atoms with Gasteiger partial charge in [-0.15, -0.1) is 0 Å². The molecule has 0 radical (unpaired) electrons. The lowest BCUT2D eigenvalue weighted by molar-refractivity contribution is 0.101. The number of rotatable bonds is 3. The molecule has 2 nitrogen and oxygen atoms in total. The number of Topliss-reactive ketones (excluding diaryl/α,β-unsaturated/α-hetero) is 1. The Morgan fingerprint density at radius 1 is 1.12 bits per heavy atom. The molecule has 1 aliphatic rings. The van der Waals surface area contributed by atoms with Crippen molar-refractivity contribution in [3.8, 4) is 5.75 Å². The molecule has 0 atom stereocenters. The molecular weight excluding hydrogens is 200 g/mol. The van der Waals surface area contributed by atoms with Gasteiger partial charge in [0.1, 0.15) is 5.75 Å². The smallest absolute Gasteiger partial charge is 0.159 e. The molecule has 0 bridgehead atoms. The summed E-state index contributed by atoms with van der Waals surface area (Å²) in [5.74, 6) is 0.987. The summed E-state index contributed by atoms with van der Waals surface area (Å²) in [4.78, 5) is 11.1. The number of carbonyl (C=O) groups is 1. The molecule has 0 spiro atoms. The fourth-order valence-electron chi connectivity index (χ4n) is 2.14. The highest BCUT2D eigenvalue weighted by atomic mass is 16.5. The van der Waals surface area contributed by atoms with Gasteiger partial charge in [-0.1, -0.05) is 6.42 Å². The second-order valence-electron chi connectivity index (χ2n) is 4.46. The molecule has 2 rings (SSSR count). The van der Waals surface area contributed by atoms with E-state index >= 15 is 0 Å². The average molecular weight is 218 g/mol. The van der Waals surface area contributed by atoms with Gasteiger partial charge in [-0.25, -0.2) is 0 Å². The van der Waals surface area contributed by atoms with Crippen molar-refractivity contribution in [3.05, 3.63) is 29.8 Å². The van der Waals surface area contributed by atoms with Gasteiger partial charge in [0.15, 0.2) is 5.78 Å². The summed E-state index contributed by atoms with van der Waals surface area (Å²) in [6, 6.07) is 7.46. The van der Waals surface area contributed by atoms with Crippen LogP contribution < -0.4 is 4.74 Å². The van der Waals surface area contributed by atoms with E-state index < -0.39 is 0 Å². The van der Waals surface area contributed by atoms with E-state index in [9.17, 15) is 4.79 Å². The third-order valence-corrected chi connectivity index (χ3v) is 3.12. The second kappa shape index (κ2) is 5.15. The Morgan fingerprint density at radius 3 is 2.31 bits per heavy atom. The third kappa shape index (κ3) is 2.84. The number of ketones is 1. The lowest BCUT2D eigenvalue weighted by Gasteiger charge is -2.22. The maximum atomic E-state index is 11.1. The van der Waals surface area contributed by atoms with E-state index in [1.165, 1.54) is 19.3 Å². The van der Waals surface area contributed by atoms with E-state index in [-0.39, 0.29) is 5.78 Å². The molecule has 16 heavy (non-hydrogen) atoms. The summed E-state index contributed by atoms with van der Waals surface area (Å²) in [5, 5.41) is 0. The number of benzene rings is 1. The second-order valence-corrected chi connectivity index (χ2v) is 4.46. The number of hydrogen-bond acceptors (Lipinski definition) is 2. The highest BCUT2D eigenvalue weighted by Crippen LogP contribution is 2.23. The van der Waals surface area contributed by atoms with Gasteiger partial charge in [0.25, 0.3) is 0 Å². The fraction of sp³-hybridized carbons (Fsp3) is 0.500. The Balaban J connectivity index is 1.96. The first kappa shape index (κ1) is 11.2. The number of hydrogen-bond donors (Lipinski definition) is 0. The van der Waals surface area contributed by atoms with E-state index in [4.69, 9.17) is 4.74 Å². The molecule has 86 valence electrons. The molecule has 1 aromatic rings. The van der Waals surface area contributed by atoms with E-state index in [0.717, 1.165) is 24.2 Å². The van der Waals surface area contributed by atoms with Crippen LogP contribution in [0.4, 0.5) is 0 Å². The van der Waals surface area contributed by atoms with Crippen molar-refractivity contribution in [3.63, 3.8) is 0 Å². The Kier molecular flexibility index (Phi) is 3.60. The lowest BCUT2D eigenvalue weighted by atomic mass is 9.98. The first-order valence-corrected chi connectivity index (χ1v) is 6.03. The monoisotopic (exact) mass is 218 g/mol. The summed E-state index contributed by atoms with van der Waals surface area (Å²) in [6.07, 6.45) is 6.58. The molecule has 0 amide bonds. The quantitative estimate of drug-likeness (QED) is 0.724. The van der Waals surface area contributed by atoms with E-state index in [1.54, 1.807) is 6.92 Å². The maximum Gasteiger partial charge on any atom is 0.159 e. The molecule has 0 saturated heterocycles. The topological polar surface area (TPSA) is 26.3 Å². The molecule has 0 unspecified atom stereocenters. The molecule has 0 aromatic heterocycles. The van der Waals surface area contributed by atoms with Crippen LogP contribution in [0.15, 0.2) is 24.3 Å². The van der Waals surface area contributed by atoms with E-state index in [0.29, 0.717) is 6.10 Å². The Labute approximate surface area is 96.6 Å². The Hall–Kier alpha value is -1.31. The van der Waals surface area contributed by atoms with Crippen molar-refractivity contribution in [2.75, 3.05) is 0 Å². The molecule has 1 fully saturated rings. The van der Waals surface area contributed by atoms with Crippen LogP contribution in [-0.2, 0) is 0 Å². The zero-order chi connectivity index (χ0) is 11.4. The van der Waals surface area contributed by atoms with Gasteiger partial charge in [0.2, 0.25) is 0 Å². The van der Waals surface area contributed by atoms with Crippen molar-refractivity contribution >= 4 is 5.78 Å². The Morgan fingerprint density at radius 2 is 1.75 bits per heavy atom. The van der Waals surface area contributed by atoms with Crippen LogP contribution in [0.3, 0.4) is 0 Å². The highest BCUT2D eigenvalue weighted by Gasteiger charge is 2.14. The minimum Gasteiger partial charge on any atom is -0.490 e. The van der Waals surface area contributed by atoms with Crippen LogP contribution in [0.1, 0.15) is 49.4 Å². The standard InChI is InChI=1S/C14H18O2/c1-11(15)12-7-9-14(10-8-12)16-13-5-3-2-4-6-13/h7-10,13H,2-6H2,1H3. The summed E-state index contributed by atoms with van der Waals surface area (Å²) < 4.78 is 5.88. The SMILES string of the molecule is CC(=O)c1ccc(OC2CCCCC2)cc1. The van der Waals surface area contributed by atoms with Crippen molar-refractivity contribution in [2.45, 2.75) is 45.1 Å². The molecule has 2 heteroatoms. The van der Waals surface area contributed by atoms with Gasteiger partial charge < -0.3 is 4.74 Å². The highest BCUT2D eigenvalue weighted by molar-refractivity contribution is 5.94. The van der Waals surface area contributed by atoms with E-state index in [2.05, 4.69) is 0 Å². The molecule has 1 saturated carbocycles. The fourth-order valence-corrected chi connectivity index (χ4v) is 2.14. The van der Waals surface area contributed by atoms with Crippen molar-refractivity contribution < 1.29 is 9.53 Å². The first-order chi connectivity index (χ1) is 7.75. The van der Waals surface area contributed by atoms with Gasteiger partial charge in [-0.3, -0.25) is 4.79 Å². The summed E-state index contributed by atoms with van der Waals surface area (Å²) in [6.45, 7) is 1.58. The Bertz CT molecular complexity index is 348. The maximum absolute atomic E-state index is 11.1. The minimum absolute atomic E-state index is 0.101. The largest absolute Gasteiger partial charge is 0.490 e. The molecule has 0 heterocycles. The zero-order valence-corrected chi connectivity index (χ0v) is 9.74. The normalized spacial score (nSPS) is 17.1. The van der Waals surface area contributed by atoms with Gasteiger partial charge in [-0.2, -0.15) is 0 Å². The van der Waals surface area contributed by atoms with Crippen LogP contribution in [-0.4, -0.2) is 11.9 Å². The van der Waals surface area contributed by atoms with Crippen LogP contribution in [0.5, 0.6) is 5.75 Å². The van der Waals surface area contributed by atoms with E-state index in [1.807, 2.05) is 24.3 Å². The number of carbonyl (C=O) groups excluding carboxylic acids is 1. The van der Waals surface area contributed by atoms with Crippen LogP contribution in [0.2, 0.25) is 0 Å². The summed E-state index contributed by atoms with van der Waals surface area (Å²) >= 11 is 0. The van der Waals surface area contributed by atoms with Gasteiger partial charge in [0, 0.05) is 5.56 Å². The zero-order valence-electron chi connectivity index (χ0n) is 9.74. The predicted octanol–water partition coefficient (Wildman–Crippen LogP) is 3.60. The van der Waals surface area contributed by atoms with Crippen LogP contribution in [0.25, 0.3) is 0 Å². The molecule has 1 aliphatic carbocycles. The average Bonchev–Trinajstić information content (AvgIpc) is 2.31. The van der Waals surface area contributed by atoms with Crippen molar-refractivity contribution in [2.24, 2.45) is 0 Å². The summed E-state index contributed by atoms with van der Waals surface area (Å²) in [5.41, 5.74) is 0.746. The van der Waals surface area contributed by atoms with Gasteiger partial charge >= 0.3 is 0 Å². The molecule has 0 aliphatic heterocycles. The molecule has 0 N–H and O–H groups in total. The number of ether oxygens (including phenoxy) is 1. The van der Waals surface area contributed by atoms with Crippen molar-refractivity contribution in [1.29, 1.82) is 0 Å². The lowest BCUT2D eigenvalue weighted by Crippen LogP contribution is -2.19. The minimum atomic E-state index is 0.101. The third-order valence-electron chi connectivity index (χ3n) is 3.12. The van der Waals surface area contributed by atoms with Crippen molar-refractivity contribution in [1.82, 2.24) is 0 Å². The van der Waals surface area contributed by atoms with Gasteiger partial charge in [0.05, 0.1) is 6.10 Å². The van der Waals surface area contributed by atoms with Gasteiger partial charge in [-0.05, 0) is 56.9 Å². The first-order valence-electron chi connectivity index (χ1n) is 6.03. The van der Waals surface area contributed by atoms with Crippen LogP contribution in [0, 0.1) is 0 Å². The van der Waals surface area contributed by atoms with Crippen LogP contribution >= 0.6 is 0 Å². The molecular formula is C14H18O2. The predicted molar refractivity (Wildman–Crippen MR) is 63.9 cm³/mol. The summed E-state index contributed by atoms with van der Waals surface area (Å²) in [7, 11) is 0. The molecule has 1 aromatic carbocycles.